The lowest BCUT2D eigenvalue weighted by Gasteiger charge is -2.30. The van der Waals surface area contributed by atoms with E-state index in [1.165, 1.54) is 25.7 Å². The molecule has 0 bridgehead atoms. The molecule has 1 saturated heterocycles. The molecule has 2 heterocycles. The summed E-state index contributed by atoms with van der Waals surface area (Å²) in [4.78, 5) is 6.96. The quantitative estimate of drug-likeness (QED) is 0.810. The zero-order chi connectivity index (χ0) is 11.7. The Morgan fingerprint density at radius 1 is 1.29 bits per heavy atom. The van der Waals surface area contributed by atoms with E-state index in [1.807, 2.05) is 0 Å². The average Bonchev–Trinajstić information content (AvgIpc) is 3.00. The van der Waals surface area contributed by atoms with Gasteiger partial charge in [-0.25, -0.2) is 0 Å². The third-order valence-electron chi connectivity index (χ3n) is 3.88. The van der Waals surface area contributed by atoms with Gasteiger partial charge in [-0.2, -0.15) is 4.98 Å². The standard InChI is InChI=1S/C12H21N5/c1-9-8-17(7-6-13-9)12-14-11(15-16-12)10-4-2-3-5-10/h9-10,13H,2-8H2,1H3,(H,14,15,16). The molecule has 5 nitrogen and oxygen atoms in total. The fraction of sp³-hybridized carbons (Fsp3) is 0.833. The van der Waals surface area contributed by atoms with Crippen LogP contribution < -0.4 is 10.2 Å². The summed E-state index contributed by atoms with van der Waals surface area (Å²) in [6, 6.07) is 0.525. The summed E-state index contributed by atoms with van der Waals surface area (Å²) in [6.45, 7) is 5.24. The molecular formula is C12H21N5. The number of aromatic amines is 1. The van der Waals surface area contributed by atoms with Crippen LogP contribution in [0, 0.1) is 0 Å². The number of nitrogens with zero attached hydrogens (tertiary/aromatic N) is 3. The van der Waals surface area contributed by atoms with Crippen LogP contribution in [0.25, 0.3) is 0 Å². The normalized spacial score (nSPS) is 26.6. The zero-order valence-corrected chi connectivity index (χ0v) is 10.4. The largest absolute Gasteiger partial charge is 0.337 e. The highest BCUT2D eigenvalue weighted by molar-refractivity contribution is 5.30. The molecule has 2 aliphatic rings. The fourth-order valence-corrected chi connectivity index (χ4v) is 2.90. The molecule has 2 N–H and O–H groups in total. The van der Waals surface area contributed by atoms with Gasteiger partial charge in [0, 0.05) is 31.6 Å². The summed E-state index contributed by atoms with van der Waals surface area (Å²) in [5, 5.41) is 11.0. The lowest BCUT2D eigenvalue weighted by Crippen LogP contribution is -2.49. The monoisotopic (exact) mass is 235 g/mol. The van der Waals surface area contributed by atoms with E-state index in [9.17, 15) is 0 Å². The van der Waals surface area contributed by atoms with Crippen LogP contribution in [0.4, 0.5) is 5.95 Å². The first-order valence-electron chi connectivity index (χ1n) is 6.73. The Labute approximate surface area is 102 Å². The summed E-state index contributed by atoms with van der Waals surface area (Å²) in [7, 11) is 0. The van der Waals surface area contributed by atoms with E-state index < -0.39 is 0 Å². The van der Waals surface area contributed by atoms with Crippen molar-refractivity contribution in [2.75, 3.05) is 24.5 Å². The van der Waals surface area contributed by atoms with Gasteiger partial charge in [0.05, 0.1) is 0 Å². The number of hydrogen-bond donors (Lipinski definition) is 2. The molecule has 0 radical (unpaired) electrons. The smallest absolute Gasteiger partial charge is 0.244 e. The topological polar surface area (TPSA) is 56.8 Å². The van der Waals surface area contributed by atoms with Gasteiger partial charge in [-0.05, 0) is 19.8 Å². The Balaban J connectivity index is 1.70. The van der Waals surface area contributed by atoms with Crippen molar-refractivity contribution in [2.24, 2.45) is 0 Å². The minimum absolute atomic E-state index is 0.525. The van der Waals surface area contributed by atoms with Crippen molar-refractivity contribution in [3.63, 3.8) is 0 Å². The molecule has 3 rings (SSSR count). The molecule has 1 aliphatic carbocycles. The second kappa shape index (κ2) is 4.64. The van der Waals surface area contributed by atoms with E-state index in [-0.39, 0.29) is 0 Å². The summed E-state index contributed by atoms with van der Waals surface area (Å²) in [5.41, 5.74) is 0. The van der Waals surface area contributed by atoms with Crippen LogP contribution >= 0.6 is 0 Å². The predicted octanol–water partition coefficient (Wildman–Crippen LogP) is 1.26. The number of nitrogens with one attached hydrogen (secondary N) is 2. The van der Waals surface area contributed by atoms with Crippen LogP contribution in [0.5, 0.6) is 0 Å². The Kier molecular flexibility index (Phi) is 3.01. The highest BCUT2D eigenvalue weighted by Gasteiger charge is 2.23. The summed E-state index contributed by atoms with van der Waals surface area (Å²) >= 11 is 0. The van der Waals surface area contributed by atoms with Crippen molar-refractivity contribution in [1.29, 1.82) is 0 Å². The van der Waals surface area contributed by atoms with Crippen molar-refractivity contribution in [1.82, 2.24) is 20.5 Å². The summed E-state index contributed by atoms with van der Waals surface area (Å²) in [5.74, 6) is 2.61. The number of piperazine rings is 1. The molecule has 1 aromatic heterocycles. The van der Waals surface area contributed by atoms with Gasteiger partial charge in [0.25, 0.3) is 0 Å². The Morgan fingerprint density at radius 2 is 2.12 bits per heavy atom. The minimum atomic E-state index is 0.525. The molecule has 1 atom stereocenters. The van der Waals surface area contributed by atoms with Crippen LogP contribution in [0.1, 0.15) is 44.3 Å². The van der Waals surface area contributed by atoms with E-state index in [4.69, 9.17) is 0 Å². The van der Waals surface area contributed by atoms with Gasteiger partial charge in [0.2, 0.25) is 5.95 Å². The molecule has 0 spiro atoms. The second-order valence-corrected chi connectivity index (χ2v) is 5.30. The van der Waals surface area contributed by atoms with E-state index in [2.05, 4.69) is 32.3 Å². The van der Waals surface area contributed by atoms with Crippen LogP contribution in [0.2, 0.25) is 0 Å². The molecule has 17 heavy (non-hydrogen) atoms. The van der Waals surface area contributed by atoms with Crippen LogP contribution in [-0.4, -0.2) is 40.9 Å². The van der Waals surface area contributed by atoms with Crippen molar-refractivity contribution in [3.05, 3.63) is 5.82 Å². The Hall–Kier alpha value is -1.10. The van der Waals surface area contributed by atoms with Crippen LogP contribution in [0.3, 0.4) is 0 Å². The van der Waals surface area contributed by atoms with Crippen molar-refractivity contribution < 1.29 is 0 Å². The summed E-state index contributed by atoms with van der Waals surface area (Å²) < 4.78 is 0. The maximum atomic E-state index is 4.68. The lowest BCUT2D eigenvalue weighted by molar-refractivity contribution is 0.479. The molecule has 5 heteroatoms. The first kappa shape index (κ1) is 11.0. The maximum Gasteiger partial charge on any atom is 0.244 e. The average molecular weight is 235 g/mol. The Bertz CT molecular complexity index is 369. The zero-order valence-electron chi connectivity index (χ0n) is 10.4. The number of H-pyrrole nitrogens is 1. The van der Waals surface area contributed by atoms with Crippen LogP contribution in [-0.2, 0) is 0 Å². The van der Waals surface area contributed by atoms with Gasteiger partial charge < -0.3 is 10.2 Å². The molecule has 0 amide bonds. The van der Waals surface area contributed by atoms with Gasteiger partial charge in [0.15, 0.2) is 0 Å². The van der Waals surface area contributed by atoms with E-state index in [1.54, 1.807) is 0 Å². The Morgan fingerprint density at radius 3 is 2.88 bits per heavy atom. The number of rotatable bonds is 2. The van der Waals surface area contributed by atoms with Gasteiger partial charge >= 0.3 is 0 Å². The van der Waals surface area contributed by atoms with Gasteiger partial charge in [0.1, 0.15) is 5.82 Å². The molecular weight excluding hydrogens is 214 g/mol. The van der Waals surface area contributed by atoms with Gasteiger partial charge in [-0.15, -0.1) is 5.10 Å². The predicted molar refractivity (Wildman–Crippen MR) is 67.3 cm³/mol. The van der Waals surface area contributed by atoms with E-state index in [0.717, 1.165) is 31.4 Å². The first-order valence-corrected chi connectivity index (χ1v) is 6.73. The molecule has 2 fully saturated rings. The number of aromatic nitrogens is 3. The first-order chi connectivity index (χ1) is 8.33. The molecule has 1 aromatic rings. The highest BCUT2D eigenvalue weighted by atomic mass is 15.4. The molecule has 94 valence electrons. The fourth-order valence-electron chi connectivity index (χ4n) is 2.90. The van der Waals surface area contributed by atoms with Gasteiger partial charge in [-0.1, -0.05) is 12.8 Å². The van der Waals surface area contributed by atoms with Crippen LogP contribution in [0.15, 0.2) is 0 Å². The molecule has 1 saturated carbocycles. The van der Waals surface area contributed by atoms with Crippen molar-refractivity contribution in [3.8, 4) is 0 Å². The molecule has 0 aromatic carbocycles. The molecule has 1 unspecified atom stereocenters. The number of hydrogen-bond acceptors (Lipinski definition) is 4. The summed E-state index contributed by atoms with van der Waals surface area (Å²) in [6.07, 6.45) is 5.22. The van der Waals surface area contributed by atoms with E-state index >= 15 is 0 Å². The van der Waals surface area contributed by atoms with Crippen molar-refractivity contribution >= 4 is 5.95 Å². The maximum absolute atomic E-state index is 4.68. The highest BCUT2D eigenvalue weighted by Crippen LogP contribution is 2.32. The second-order valence-electron chi connectivity index (χ2n) is 5.30. The van der Waals surface area contributed by atoms with Gasteiger partial charge in [-0.3, -0.25) is 5.10 Å². The third kappa shape index (κ3) is 2.29. The SMILES string of the molecule is CC1CN(c2n[nH]c(C3CCCC3)n2)CCN1. The number of anilines is 1. The van der Waals surface area contributed by atoms with E-state index in [0.29, 0.717) is 12.0 Å². The minimum Gasteiger partial charge on any atom is -0.337 e. The van der Waals surface area contributed by atoms with Crippen molar-refractivity contribution in [2.45, 2.75) is 44.6 Å². The third-order valence-corrected chi connectivity index (χ3v) is 3.88. The lowest BCUT2D eigenvalue weighted by atomic mass is 10.1. The molecule has 1 aliphatic heterocycles.